The Labute approximate surface area is 168 Å². The molecule has 28 heavy (non-hydrogen) atoms. The summed E-state index contributed by atoms with van der Waals surface area (Å²) in [6.45, 7) is 8.32. The zero-order valence-corrected chi connectivity index (χ0v) is 17.5. The molecule has 0 radical (unpaired) electrons. The van der Waals surface area contributed by atoms with Gasteiger partial charge in [0.15, 0.2) is 0 Å². The standard InChI is InChI=1S/C22H31BN2O3/c1-21(2)22(3,4)28-23(27-21)14-10-6-5-7-13-20(26)25-18-15-17-11-8-9-12-19(17)24-16-18/h8-9,11-12,15-16H,5-7,10,13-14H2,1-4H3,(H,25,26). The maximum atomic E-state index is 12.2. The zero-order valence-electron chi connectivity index (χ0n) is 17.5. The maximum absolute atomic E-state index is 12.2. The summed E-state index contributed by atoms with van der Waals surface area (Å²) < 4.78 is 12.0. The number of nitrogens with one attached hydrogen (secondary N) is 1. The summed E-state index contributed by atoms with van der Waals surface area (Å²) in [4.78, 5) is 16.5. The van der Waals surface area contributed by atoms with Gasteiger partial charge in [-0.3, -0.25) is 9.78 Å². The molecule has 1 N–H and O–H groups in total. The molecule has 1 aromatic heterocycles. The van der Waals surface area contributed by atoms with Crippen LogP contribution in [0.5, 0.6) is 0 Å². The number of hydrogen-bond acceptors (Lipinski definition) is 4. The molecular formula is C22H31BN2O3. The second kappa shape index (κ2) is 8.62. The van der Waals surface area contributed by atoms with Crippen LogP contribution in [0.25, 0.3) is 10.9 Å². The van der Waals surface area contributed by atoms with Gasteiger partial charge in [-0.25, -0.2) is 0 Å². The predicted molar refractivity (Wildman–Crippen MR) is 114 cm³/mol. The smallest absolute Gasteiger partial charge is 0.403 e. The van der Waals surface area contributed by atoms with Gasteiger partial charge in [-0.1, -0.05) is 37.5 Å². The Balaban J connectivity index is 1.31. The van der Waals surface area contributed by atoms with Crippen LogP contribution in [0.2, 0.25) is 6.32 Å². The average molecular weight is 382 g/mol. The number of fused-ring (bicyclic) bond motifs is 1. The Morgan fingerprint density at radius 2 is 1.71 bits per heavy atom. The number of carbonyl (C=O) groups is 1. The molecule has 1 amide bonds. The fraction of sp³-hybridized carbons (Fsp3) is 0.545. The minimum absolute atomic E-state index is 0.0445. The van der Waals surface area contributed by atoms with E-state index in [1.54, 1.807) is 6.20 Å². The van der Waals surface area contributed by atoms with E-state index in [9.17, 15) is 4.79 Å². The molecule has 5 nitrogen and oxygen atoms in total. The first-order valence-corrected chi connectivity index (χ1v) is 10.3. The highest BCUT2D eigenvalue weighted by Gasteiger charge is 2.50. The van der Waals surface area contributed by atoms with E-state index in [-0.39, 0.29) is 24.2 Å². The summed E-state index contributed by atoms with van der Waals surface area (Å²) in [5.74, 6) is 0.0445. The average Bonchev–Trinajstić information content (AvgIpc) is 2.84. The van der Waals surface area contributed by atoms with Crippen molar-refractivity contribution in [3.63, 3.8) is 0 Å². The van der Waals surface area contributed by atoms with E-state index in [4.69, 9.17) is 9.31 Å². The van der Waals surface area contributed by atoms with Gasteiger partial charge in [0.25, 0.3) is 0 Å². The molecule has 6 heteroatoms. The number of unbranched alkanes of at least 4 members (excludes halogenated alkanes) is 3. The van der Waals surface area contributed by atoms with Crippen LogP contribution in [0.1, 0.15) is 59.8 Å². The van der Waals surface area contributed by atoms with Gasteiger partial charge in [-0.15, -0.1) is 0 Å². The van der Waals surface area contributed by atoms with Crippen molar-refractivity contribution in [2.75, 3.05) is 5.32 Å². The number of pyridine rings is 1. The number of amides is 1. The molecule has 150 valence electrons. The van der Waals surface area contributed by atoms with Crippen molar-refractivity contribution in [3.8, 4) is 0 Å². The Bertz CT molecular complexity index is 806. The highest BCUT2D eigenvalue weighted by molar-refractivity contribution is 6.45. The Kier molecular flexibility index (Phi) is 6.41. The van der Waals surface area contributed by atoms with E-state index in [2.05, 4.69) is 38.0 Å². The van der Waals surface area contributed by atoms with Gasteiger partial charge in [-0.2, -0.15) is 0 Å². The van der Waals surface area contributed by atoms with Crippen molar-refractivity contribution in [2.45, 2.75) is 77.3 Å². The first-order valence-electron chi connectivity index (χ1n) is 10.3. The van der Waals surface area contributed by atoms with Crippen LogP contribution in [0.3, 0.4) is 0 Å². The van der Waals surface area contributed by atoms with Gasteiger partial charge in [-0.05, 0) is 52.6 Å². The molecule has 1 fully saturated rings. The molecule has 3 rings (SSSR count). The molecule has 1 aliphatic heterocycles. The normalized spacial score (nSPS) is 17.8. The third-order valence-electron chi connectivity index (χ3n) is 5.77. The highest BCUT2D eigenvalue weighted by Crippen LogP contribution is 2.38. The quantitative estimate of drug-likeness (QED) is 0.503. The first kappa shape index (κ1) is 20.8. The van der Waals surface area contributed by atoms with Crippen LogP contribution in [0.15, 0.2) is 36.5 Å². The molecule has 1 saturated heterocycles. The first-order chi connectivity index (χ1) is 13.3. The lowest BCUT2D eigenvalue weighted by atomic mass is 9.82. The number of hydrogen-bond donors (Lipinski definition) is 1. The van der Waals surface area contributed by atoms with Gasteiger partial charge >= 0.3 is 7.12 Å². The lowest BCUT2D eigenvalue weighted by Crippen LogP contribution is -2.41. The fourth-order valence-corrected chi connectivity index (χ4v) is 3.40. The van der Waals surface area contributed by atoms with E-state index in [1.165, 1.54) is 0 Å². The third kappa shape index (κ3) is 5.12. The van der Waals surface area contributed by atoms with E-state index in [1.807, 2.05) is 30.3 Å². The Morgan fingerprint density at radius 1 is 1.04 bits per heavy atom. The minimum Gasteiger partial charge on any atom is -0.403 e. The van der Waals surface area contributed by atoms with Crippen LogP contribution in [0.4, 0.5) is 5.69 Å². The van der Waals surface area contributed by atoms with Gasteiger partial charge in [0.2, 0.25) is 5.91 Å². The van der Waals surface area contributed by atoms with Crippen molar-refractivity contribution in [1.82, 2.24) is 4.98 Å². The molecule has 0 unspecified atom stereocenters. The van der Waals surface area contributed by atoms with Crippen LogP contribution >= 0.6 is 0 Å². The van der Waals surface area contributed by atoms with Crippen LogP contribution in [-0.4, -0.2) is 29.2 Å². The Hall–Kier alpha value is -1.92. The molecule has 1 aromatic carbocycles. The number of nitrogens with zero attached hydrogens (tertiary/aromatic N) is 1. The zero-order chi connectivity index (χ0) is 20.2. The lowest BCUT2D eigenvalue weighted by Gasteiger charge is -2.32. The summed E-state index contributed by atoms with van der Waals surface area (Å²) in [5, 5.41) is 3.98. The van der Waals surface area contributed by atoms with Crippen LogP contribution in [0, 0.1) is 0 Å². The number of carbonyl (C=O) groups excluding carboxylic acids is 1. The Morgan fingerprint density at radius 3 is 2.46 bits per heavy atom. The predicted octanol–water partition coefficient (Wildman–Crippen LogP) is 5.22. The highest BCUT2D eigenvalue weighted by atomic mass is 16.7. The SMILES string of the molecule is CC1(C)OB(CCCCCCC(=O)Nc2cnc3ccccc3c2)OC1(C)C. The monoisotopic (exact) mass is 382 g/mol. The second-order valence-electron chi connectivity index (χ2n) is 8.60. The maximum Gasteiger partial charge on any atom is 0.457 e. The number of aromatic nitrogens is 1. The van der Waals surface area contributed by atoms with Crippen molar-refractivity contribution >= 4 is 29.6 Å². The summed E-state index contributed by atoms with van der Waals surface area (Å²) in [7, 11) is -0.117. The minimum atomic E-state index is -0.257. The summed E-state index contributed by atoms with van der Waals surface area (Å²) in [6.07, 6.45) is 7.19. The molecule has 0 spiro atoms. The molecule has 1 aliphatic rings. The molecule has 0 aliphatic carbocycles. The number of rotatable bonds is 8. The lowest BCUT2D eigenvalue weighted by molar-refractivity contribution is -0.116. The van der Waals surface area contributed by atoms with Crippen molar-refractivity contribution < 1.29 is 14.1 Å². The molecule has 0 saturated carbocycles. The summed E-state index contributed by atoms with van der Waals surface area (Å²) in [6, 6.07) is 9.85. The second-order valence-corrected chi connectivity index (χ2v) is 8.60. The number of anilines is 1. The summed E-state index contributed by atoms with van der Waals surface area (Å²) >= 11 is 0. The van der Waals surface area contributed by atoms with E-state index in [0.717, 1.165) is 48.6 Å². The van der Waals surface area contributed by atoms with E-state index in [0.29, 0.717) is 6.42 Å². The van der Waals surface area contributed by atoms with Gasteiger partial charge in [0.05, 0.1) is 28.6 Å². The fourth-order valence-electron chi connectivity index (χ4n) is 3.40. The van der Waals surface area contributed by atoms with Crippen molar-refractivity contribution in [1.29, 1.82) is 0 Å². The molecule has 2 heterocycles. The number of benzene rings is 1. The van der Waals surface area contributed by atoms with Gasteiger partial charge in [0, 0.05) is 11.8 Å². The topological polar surface area (TPSA) is 60.5 Å². The van der Waals surface area contributed by atoms with Crippen LogP contribution < -0.4 is 5.32 Å². The molecular weight excluding hydrogens is 351 g/mol. The van der Waals surface area contributed by atoms with Crippen LogP contribution in [-0.2, 0) is 14.1 Å². The molecule has 0 bridgehead atoms. The number of para-hydroxylation sites is 1. The van der Waals surface area contributed by atoms with Crippen molar-refractivity contribution in [3.05, 3.63) is 36.5 Å². The van der Waals surface area contributed by atoms with E-state index >= 15 is 0 Å². The van der Waals surface area contributed by atoms with Crippen molar-refractivity contribution in [2.24, 2.45) is 0 Å². The summed E-state index contributed by atoms with van der Waals surface area (Å²) in [5.41, 5.74) is 1.17. The van der Waals surface area contributed by atoms with E-state index < -0.39 is 0 Å². The third-order valence-corrected chi connectivity index (χ3v) is 5.77. The van der Waals surface area contributed by atoms with Gasteiger partial charge in [0.1, 0.15) is 0 Å². The van der Waals surface area contributed by atoms with Gasteiger partial charge < -0.3 is 14.6 Å². The molecule has 2 aromatic rings. The molecule has 0 atom stereocenters. The largest absolute Gasteiger partial charge is 0.457 e.